The lowest BCUT2D eigenvalue weighted by Crippen LogP contribution is -2.47. The number of nitrogens with zero attached hydrogens (tertiary/aromatic N) is 2. The van der Waals surface area contributed by atoms with Gasteiger partial charge in [0.25, 0.3) is 17.5 Å². The minimum atomic E-state index is -1.55. The van der Waals surface area contributed by atoms with Crippen molar-refractivity contribution >= 4 is 29.6 Å². The van der Waals surface area contributed by atoms with E-state index in [-0.39, 0.29) is 47.6 Å². The number of non-ortho nitro benzene ring substituents is 1. The predicted octanol–water partition coefficient (Wildman–Crippen LogP) is 5.01. The Hall–Kier alpha value is -6.30. The lowest BCUT2D eigenvalue weighted by atomic mass is 9.98. The predicted molar refractivity (Wildman–Crippen MR) is 167 cm³/mol. The third kappa shape index (κ3) is 6.71. The summed E-state index contributed by atoms with van der Waals surface area (Å²) in [4.78, 5) is 66.9. The van der Waals surface area contributed by atoms with Crippen molar-refractivity contribution in [3.8, 4) is 16.9 Å². The molecule has 1 aliphatic carbocycles. The quantitative estimate of drug-likeness (QED) is 0.136. The first kappa shape index (κ1) is 30.7. The Morgan fingerprint density at radius 1 is 0.851 bits per heavy atom. The molecule has 0 fully saturated rings. The Morgan fingerprint density at radius 2 is 1.47 bits per heavy atom. The van der Waals surface area contributed by atoms with Crippen LogP contribution in [0.3, 0.4) is 0 Å². The third-order valence-electron chi connectivity index (χ3n) is 7.79. The van der Waals surface area contributed by atoms with Crippen LogP contribution in [0.1, 0.15) is 28.2 Å². The molecule has 1 N–H and O–H groups in total. The fourth-order valence-electron chi connectivity index (χ4n) is 5.54. The van der Waals surface area contributed by atoms with Gasteiger partial charge in [-0.05, 0) is 33.9 Å². The van der Waals surface area contributed by atoms with E-state index in [0.29, 0.717) is 0 Å². The van der Waals surface area contributed by atoms with E-state index in [1.807, 2.05) is 78.9 Å². The SMILES string of the molecule is O=C(N[C@@H](Cc1cc([N+](=O)[O-])ccc1OCc1ccccc1)C(=O)ON1C(=O)C=CC1=O)OCC1c2ccccc2-c2ccccc21. The van der Waals surface area contributed by atoms with Crippen molar-refractivity contribution in [2.24, 2.45) is 0 Å². The average molecular weight is 634 g/mol. The standard InChI is InChI=1S/C35H27N3O9/c39-32-16-17-33(40)37(32)47-34(41)30(19-23-18-24(38(43)44)14-15-31(23)45-20-22-8-2-1-3-9-22)36-35(42)46-21-29-27-12-6-4-10-25(27)26-11-5-7-13-28(26)29/h1-18,29-30H,19-21H2,(H,36,42)/t30-/m0/s1. The summed E-state index contributed by atoms with van der Waals surface area (Å²) in [6, 6.07) is 27.0. The highest BCUT2D eigenvalue weighted by Crippen LogP contribution is 2.44. The van der Waals surface area contributed by atoms with Crippen LogP contribution in [0, 0.1) is 10.1 Å². The summed E-state index contributed by atoms with van der Waals surface area (Å²) in [5, 5.41) is 14.3. The molecule has 4 aromatic carbocycles. The lowest BCUT2D eigenvalue weighted by Gasteiger charge is -2.22. The van der Waals surface area contributed by atoms with Crippen molar-refractivity contribution in [3.05, 3.63) is 142 Å². The largest absolute Gasteiger partial charge is 0.489 e. The van der Waals surface area contributed by atoms with Crippen molar-refractivity contribution in [3.63, 3.8) is 0 Å². The smallest absolute Gasteiger partial charge is 0.407 e. The molecule has 0 saturated carbocycles. The number of alkyl carbamates (subject to hydrolysis) is 1. The van der Waals surface area contributed by atoms with E-state index in [1.54, 1.807) is 0 Å². The van der Waals surface area contributed by atoms with Crippen molar-refractivity contribution in [2.45, 2.75) is 25.0 Å². The first-order valence-electron chi connectivity index (χ1n) is 14.6. The van der Waals surface area contributed by atoms with Gasteiger partial charge in [0.15, 0.2) is 0 Å². The summed E-state index contributed by atoms with van der Waals surface area (Å²) in [5.74, 6) is -3.00. The summed E-state index contributed by atoms with van der Waals surface area (Å²) in [5.41, 5.74) is 4.74. The van der Waals surface area contributed by atoms with Gasteiger partial charge in [0.1, 0.15) is 25.0 Å². The molecule has 12 nitrogen and oxygen atoms in total. The molecule has 6 rings (SSSR count). The molecule has 3 amide bonds. The number of hydrogen-bond acceptors (Lipinski definition) is 9. The van der Waals surface area contributed by atoms with Gasteiger partial charge in [-0.3, -0.25) is 19.7 Å². The second-order valence-electron chi connectivity index (χ2n) is 10.8. The Balaban J connectivity index is 1.23. The zero-order valence-corrected chi connectivity index (χ0v) is 24.7. The summed E-state index contributed by atoms with van der Waals surface area (Å²) in [6.45, 7) is 0.0555. The Morgan fingerprint density at radius 3 is 2.11 bits per heavy atom. The van der Waals surface area contributed by atoms with Gasteiger partial charge < -0.3 is 19.6 Å². The number of nitro benzene ring substituents is 1. The first-order chi connectivity index (χ1) is 22.8. The van der Waals surface area contributed by atoms with E-state index in [9.17, 15) is 29.3 Å². The second kappa shape index (κ2) is 13.4. The van der Waals surface area contributed by atoms with Gasteiger partial charge in [-0.25, -0.2) is 9.59 Å². The molecule has 47 heavy (non-hydrogen) atoms. The van der Waals surface area contributed by atoms with Crippen LogP contribution in [0.25, 0.3) is 11.1 Å². The van der Waals surface area contributed by atoms with E-state index >= 15 is 0 Å². The molecule has 12 heteroatoms. The number of rotatable bonds is 11. The van der Waals surface area contributed by atoms with Gasteiger partial charge in [0.05, 0.1) is 4.92 Å². The van der Waals surface area contributed by atoms with E-state index in [2.05, 4.69) is 5.32 Å². The maximum absolute atomic E-state index is 13.4. The fourth-order valence-corrected chi connectivity index (χ4v) is 5.54. The molecule has 0 bridgehead atoms. The van der Waals surface area contributed by atoms with Crippen LogP contribution in [-0.4, -0.2) is 46.5 Å². The average Bonchev–Trinajstić information content (AvgIpc) is 3.58. The normalized spacial score (nSPS) is 13.9. The monoisotopic (exact) mass is 633 g/mol. The zero-order valence-electron chi connectivity index (χ0n) is 24.7. The van der Waals surface area contributed by atoms with Crippen LogP contribution in [0.4, 0.5) is 10.5 Å². The number of carbonyl (C=O) groups is 4. The number of carbonyl (C=O) groups excluding carboxylic acids is 4. The highest BCUT2D eigenvalue weighted by molar-refractivity contribution is 6.12. The van der Waals surface area contributed by atoms with Gasteiger partial charge in [0, 0.05) is 42.2 Å². The molecule has 0 spiro atoms. The van der Waals surface area contributed by atoms with Crippen LogP contribution in [0.15, 0.2) is 109 Å². The number of nitro groups is 1. The van der Waals surface area contributed by atoms with Crippen LogP contribution >= 0.6 is 0 Å². The van der Waals surface area contributed by atoms with Crippen molar-refractivity contribution < 1.29 is 38.4 Å². The number of hydroxylamine groups is 2. The highest BCUT2D eigenvalue weighted by atomic mass is 16.7. The molecule has 0 radical (unpaired) electrons. The van der Waals surface area contributed by atoms with Crippen molar-refractivity contribution in [1.29, 1.82) is 0 Å². The van der Waals surface area contributed by atoms with Gasteiger partial charge in [-0.1, -0.05) is 83.9 Å². The highest BCUT2D eigenvalue weighted by Gasteiger charge is 2.34. The summed E-state index contributed by atoms with van der Waals surface area (Å²) in [7, 11) is 0. The molecule has 1 aliphatic heterocycles. The number of imide groups is 1. The molecule has 0 unspecified atom stereocenters. The molecule has 4 aromatic rings. The molecule has 1 heterocycles. The molecule has 2 aliphatic rings. The maximum Gasteiger partial charge on any atom is 0.407 e. The van der Waals surface area contributed by atoms with E-state index in [1.165, 1.54) is 18.2 Å². The topological polar surface area (TPSA) is 154 Å². The molecular formula is C35H27N3O9. The number of fused-ring (bicyclic) bond motifs is 3. The first-order valence-corrected chi connectivity index (χ1v) is 14.6. The molecular weight excluding hydrogens is 606 g/mol. The van der Waals surface area contributed by atoms with Crippen LogP contribution in [-0.2, 0) is 37.0 Å². The van der Waals surface area contributed by atoms with Gasteiger partial charge in [-0.15, -0.1) is 0 Å². The minimum absolute atomic E-state index is 0.0586. The molecule has 1 atom stereocenters. The van der Waals surface area contributed by atoms with Gasteiger partial charge >= 0.3 is 12.1 Å². The third-order valence-corrected chi connectivity index (χ3v) is 7.79. The Kier molecular flexibility index (Phi) is 8.73. The zero-order chi connectivity index (χ0) is 32.9. The van der Waals surface area contributed by atoms with Gasteiger partial charge in [0.2, 0.25) is 0 Å². The molecule has 0 saturated heterocycles. The van der Waals surface area contributed by atoms with E-state index in [0.717, 1.165) is 40.0 Å². The Bertz CT molecular complexity index is 1840. The van der Waals surface area contributed by atoms with Crippen molar-refractivity contribution in [1.82, 2.24) is 10.4 Å². The summed E-state index contributed by atoms with van der Waals surface area (Å²) in [6.07, 6.45) is 0.515. The number of amides is 3. The number of nitrogens with one attached hydrogen (secondary N) is 1. The number of benzene rings is 4. The van der Waals surface area contributed by atoms with Crippen molar-refractivity contribution in [2.75, 3.05) is 6.61 Å². The molecule has 0 aromatic heterocycles. The van der Waals surface area contributed by atoms with Crippen LogP contribution in [0.5, 0.6) is 5.75 Å². The summed E-state index contributed by atoms with van der Waals surface area (Å²) >= 11 is 0. The lowest BCUT2D eigenvalue weighted by molar-refractivity contribution is -0.384. The number of hydrogen-bond donors (Lipinski definition) is 1. The minimum Gasteiger partial charge on any atom is -0.489 e. The van der Waals surface area contributed by atoms with E-state index < -0.39 is 34.8 Å². The van der Waals surface area contributed by atoms with E-state index in [4.69, 9.17) is 14.3 Å². The fraction of sp³-hybridized carbons (Fsp3) is 0.143. The summed E-state index contributed by atoms with van der Waals surface area (Å²) < 4.78 is 11.6. The van der Waals surface area contributed by atoms with Crippen LogP contribution < -0.4 is 10.1 Å². The molecule has 236 valence electrons. The maximum atomic E-state index is 13.4. The second-order valence-corrected chi connectivity index (χ2v) is 10.8. The number of ether oxygens (including phenoxy) is 2. The van der Waals surface area contributed by atoms with Crippen LogP contribution in [0.2, 0.25) is 0 Å². The van der Waals surface area contributed by atoms with Gasteiger partial charge in [-0.2, -0.15) is 0 Å². The Labute approximate surface area is 268 Å².